The van der Waals surface area contributed by atoms with Gasteiger partial charge in [0.05, 0.1) is 42.0 Å². The van der Waals surface area contributed by atoms with E-state index < -0.39 is 34.9 Å². The number of carbonyl (C=O) groups excluding carboxylic acids is 4. The van der Waals surface area contributed by atoms with Crippen molar-refractivity contribution in [1.29, 1.82) is 5.26 Å². The molecule has 12 heteroatoms. The van der Waals surface area contributed by atoms with Gasteiger partial charge in [-0.25, -0.2) is 4.68 Å². The molecule has 1 aromatic carbocycles. The van der Waals surface area contributed by atoms with Gasteiger partial charge in [-0.3, -0.25) is 19.2 Å². The molecule has 6 rings (SSSR count). The maximum atomic E-state index is 13.8. The summed E-state index contributed by atoms with van der Waals surface area (Å²) in [5, 5.41) is 28.2. The highest BCUT2D eigenvalue weighted by Gasteiger charge is 2.70. The van der Waals surface area contributed by atoms with Gasteiger partial charge in [0.2, 0.25) is 11.0 Å². The monoisotopic (exact) mass is 659 g/mol. The molecule has 0 bridgehead atoms. The largest absolute Gasteiger partial charge is 0.449 e. The molecule has 0 unspecified atom stereocenters. The number of nitrogens with zero attached hydrogens (tertiary/aromatic N) is 3. The fraction of sp³-hybridized carbons (Fsp3) is 0.543. The van der Waals surface area contributed by atoms with Gasteiger partial charge < -0.3 is 20.9 Å². The van der Waals surface area contributed by atoms with Crippen molar-refractivity contribution in [2.24, 2.45) is 34.3 Å². The molecule has 248 valence electrons. The molecule has 1 aromatic heterocycles. The quantitative estimate of drug-likeness (QED) is 0.357. The Morgan fingerprint density at radius 2 is 2.04 bits per heavy atom. The lowest BCUT2D eigenvalue weighted by Crippen LogP contribution is -2.62. The first-order chi connectivity index (χ1) is 22.4. The lowest BCUT2D eigenvalue weighted by atomic mass is 9.45. The molecule has 0 spiro atoms. The Morgan fingerprint density at radius 1 is 1.26 bits per heavy atom. The average Bonchev–Trinajstić information content (AvgIpc) is 3.58. The summed E-state index contributed by atoms with van der Waals surface area (Å²) in [7, 11) is 0. The number of rotatable bonds is 8. The fourth-order valence-electron chi connectivity index (χ4n) is 9.45. The lowest BCUT2D eigenvalue weighted by molar-refractivity contribution is -0.196. The van der Waals surface area contributed by atoms with Crippen LogP contribution in [0.3, 0.4) is 0 Å². The molecule has 7 atom stereocenters. The van der Waals surface area contributed by atoms with Crippen molar-refractivity contribution in [3.05, 3.63) is 52.9 Å². The summed E-state index contributed by atoms with van der Waals surface area (Å²) >= 11 is 0.908. The number of aliphatic hydroxyl groups excluding tert-OH is 1. The highest BCUT2D eigenvalue weighted by Crippen LogP contribution is 2.68. The molecule has 2 aromatic rings. The van der Waals surface area contributed by atoms with E-state index in [-0.39, 0.29) is 47.0 Å². The van der Waals surface area contributed by atoms with Crippen LogP contribution < -0.4 is 11.1 Å². The first-order valence-corrected chi connectivity index (χ1v) is 17.3. The molecular formula is C35H41N5O6S. The molecule has 0 saturated heterocycles. The Morgan fingerprint density at radius 3 is 2.77 bits per heavy atom. The Labute approximate surface area is 278 Å². The zero-order valence-corrected chi connectivity index (χ0v) is 27.8. The summed E-state index contributed by atoms with van der Waals surface area (Å²) in [6.45, 7) is 5.70. The number of nitrogens with two attached hydrogens (primary N) is 1. The number of hydrogen-bond acceptors (Lipinski definition) is 9. The average molecular weight is 660 g/mol. The lowest BCUT2D eigenvalue weighted by Gasteiger charge is -2.60. The zero-order valence-electron chi connectivity index (χ0n) is 27.0. The topological polar surface area (TPSA) is 177 Å². The molecule has 0 aliphatic heterocycles. The van der Waals surface area contributed by atoms with Crippen LogP contribution in [-0.4, -0.2) is 61.8 Å². The van der Waals surface area contributed by atoms with Gasteiger partial charge in [-0.15, -0.1) is 0 Å². The number of aromatic nitrogens is 2. The number of fused-ring (bicyclic) bond motifs is 6. The van der Waals surface area contributed by atoms with Crippen LogP contribution in [0.1, 0.15) is 80.9 Å². The van der Waals surface area contributed by atoms with E-state index in [0.717, 1.165) is 35.9 Å². The number of nitrogens with one attached hydrogen (secondary N) is 1. The van der Waals surface area contributed by atoms with E-state index >= 15 is 0 Å². The van der Waals surface area contributed by atoms with Gasteiger partial charge in [0.1, 0.15) is 0 Å². The molecule has 11 nitrogen and oxygen atoms in total. The van der Waals surface area contributed by atoms with Gasteiger partial charge >= 0.3 is 5.97 Å². The van der Waals surface area contributed by atoms with Crippen molar-refractivity contribution < 1.29 is 29.0 Å². The minimum absolute atomic E-state index is 0.0192. The molecule has 1 heterocycles. The molecule has 47 heavy (non-hydrogen) atoms. The minimum Gasteiger partial charge on any atom is -0.449 e. The second-order valence-electron chi connectivity index (χ2n) is 13.9. The molecule has 0 radical (unpaired) electrons. The van der Waals surface area contributed by atoms with Crippen LogP contribution >= 0.6 is 11.8 Å². The summed E-state index contributed by atoms with van der Waals surface area (Å²) in [5.41, 5.74) is 7.03. The van der Waals surface area contributed by atoms with Gasteiger partial charge in [-0.05, 0) is 91.5 Å². The van der Waals surface area contributed by atoms with E-state index in [1.807, 2.05) is 29.9 Å². The van der Waals surface area contributed by atoms with Gasteiger partial charge in [-0.1, -0.05) is 44.2 Å². The van der Waals surface area contributed by atoms with E-state index in [1.165, 1.54) is 5.57 Å². The number of nitriles is 1. The van der Waals surface area contributed by atoms with Crippen molar-refractivity contribution in [2.45, 2.75) is 77.4 Å². The Kier molecular flexibility index (Phi) is 8.59. The highest BCUT2D eigenvalue weighted by atomic mass is 32.2. The van der Waals surface area contributed by atoms with Crippen LogP contribution in [-0.2, 0) is 25.5 Å². The molecule has 3 saturated carbocycles. The molecule has 4 aliphatic carbocycles. The van der Waals surface area contributed by atoms with Crippen molar-refractivity contribution >= 4 is 40.7 Å². The number of esters is 1. The van der Waals surface area contributed by atoms with Crippen molar-refractivity contribution in [3.8, 4) is 11.8 Å². The van der Waals surface area contributed by atoms with Gasteiger partial charge in [-0.2, -0.15) is 10.4 Å². The number of ether oxygens (including phenoxy) is 1. The summed E-state index contributed by atoms with van der Waals surface area (Å²) in [6.07, 6.45) is 7.21. The predicted molar refractivity (Wildman–Crippen MR) is 175 cm³/mol. The second-order valence-corrected chi connectivity index (χ2v) is 14.8. The number of aliphatic hydroxyl groups is 1. The van der Waals surface area contributed by atoms with Crippen LogP contribution in [0.4, 0.5) is 0 Å². The Bertz CT molecular complexity index is 1710. The number of hydrogen-bond donors (Lipinski definition) is 3. The van der Waals surface area contributed by atoms with Crippen LogP contribution in [0.2, 0.25) is 0 Å². The summed E-state index contributed by atoms with van der Waals surface area (Å²) in [5.74, 6) is -1.36. The van der Waals surface area contributed by atoms with E-state index in [0.29, 0.717) is 36.9 Å². The minimum atomic E-state index is -1.37. The second kappa shape index (κ2) is 12.3. The SMILES string of the molecule is CCC(=O)O[C@]1(C(=O)SCC#N)CC[C@H]2[C@@H]3CCC4=Cc5c(cnn5-c5cccc(C(=O)NCC(N)=O)c5)C[C@]4(C)[C@H]3[C@@H](O)C[C@@]21C. The molecule has 3 fully saturated rings. The molecular weight excluding hydrogens is 618 g/mol. The van der Waals surface area contributed by atoms with Crippen LogP contribution in [0.5, 0.6) is 0 Å². The van der Waals surface area contributed by atoms with Crippen LogP contribution in [0, 0.1) is 39.9 Å². The third-order valence-electron chi connectivity index (χ3n) is 11.5. The van der Waals surface area contributed by atoms with Crippen LogP contribution in [0.25, 0.3) is 11.8 Å². The molecule has 4 aliphatic rings. The number of carbonyl (C=O) groups is 4. The summed E-state index contributed by atoms with van der Waals surface area (Å²) in [4.78, 5) is 50.2. The van der Waals surface area contributed by atoms with Crippen molar-refractivity contribution in [1.82, 2.24) is 15.1 Å². The maximum Gasteiger partial charge on any atom is 0.306 e. The number of benzene rings is 1. The molecule has 4 N–H and O–H groups in total. The number of primary amides is 1. The first kappa shape index (κ1) is 33.0. The molecule has 2 amide bonds. The van der Waals surface area contributed by atoms with Crippen molar-refractivity contribution in [2.75, 3.05) is 12.3 Å². The van der Waals surface area contributed by atoms with Gasteiger partial charge in [0.25, 0.3) is 5.91 Å². The van der Waals surface area contributed by atoms with Gasteiger partial charge in [0, 0.05) is 17.4 Å². The third kappa shape index (κ3) is 5.28. The van der Waals surface area contributed by atoms with E-state index in [4.69, 9.17) is 15.6 Å². The van der Waals surface area contributed by atoms with E-state index in [2.05, 4.69) is 18.3 Å². The fourth-order valence-corrected chi connectivity index (χ4v) is 10.3. The zero-order chi connectivity index (χ0) is 33.7. The standard InChI is InChI=1S/C35H41N5O6S/c1-4-29(43)46-35(32(45)47-13-12-36)11-10-25-24-9-8-22-15-26-21(16-33(22,2)30(24)27(41)17-34(25,35)3)18-39-40(26)23-7-5-6-20(14-23)31(44)38-19-28(37)42/h5-7,14-15,18,24-25,27,30,41H,4,8-11,13,16-17,19H2,1-3H3,(H2,37,42)(H,38,44)/t24-,25-,27-,30+,33-,34-,35-/m0/s1. The van der Waals surface area contributed by atoms with Gasteiger partial charge in [0.15, 0.2) is 5.60 Å². The first-order valence-electron chi connectivity index (χ1n) is 16.3. The predicted octanol–water partition coefficient (Wildman–Crippen LogP) is 3.72. The maximum absolute atomic E-state index is 13.8. The number of thioether (sulfide) groups is 1. The van der Waals surface area contributed by atoms with E-state index in [9.17, 15) is 29.5 Å². The number of amides is 2. The highest BCUT2D eigenvalue weighted by molar-refractivity contribution is 8.14. The summed E-state index contributed by atoms with van der Waals surface area (Å²) in [6, 6.07) is 9.07. The van der Waals surface area contributed by atoms with Crippen LogP contribution in [0.15, 0.2) is 36.0 Å². The van der Waals surface area contributed by atoms with E-state index in [1.54, 1.807) is 25.1 Å². The van der Waals surface area contributed by atoms with Crippen molar-refractivity contribution in [3.63, 3.8) is 0 Å². The smallest absolute Gasteiger partial charge is 0.306 e. The Balaban J connectivity index is 1.30. The third-order valence-corrected chi connectivity index (χ3v) is 12.4. The normalized spacial score (nSPS) is 32.0. The number of allylic oxidation sites excluding steroid dienone is 1. The Hall–Kier alpha value is -3.95. The summed E-state index contributed by atoms with van der Waals surface area (Å²) < 4.78 is 7.90.